The van der Waals surface area contributed by atoms with Crippen molar-refractivity contribution in [2.45, 2.75) is 4.21 Å². The fraction of sp³-hybridized carbons (Fsp3) is 0. The monoisotopic (exact) mass is 518 g/mol. The number of benzene rings is 3. The Morgan fingerprint density at radius 1 is 0.889 bits per heavy atom. The quantitative estimate of drug-likeness (QED) is 0.161. The summed E-state index contributed by atoms with van der Waals surface area (Å²) in [6, 6.07) is 24.3. The molecule has 4 aromatic rings. The van der Waals surface area contributed by atoms with Gasteiger partial charge in [-0.1, -0.05) is 54.6 Å². The van der Waals surface area contributed by atoms with E-state index in [1.807, 2.05) is 0 Å². The lowest BCUT2D eigenvalue weighted by atomic mass is 10.0. The van der Waals surface area contributed by atoms with E-state index in [0.717, 1.165) is 11.3 Å². The van der Waals surface area contributed by atoms with Crippen molar-refractivity contribution in [3.63, 3.8) is 0 Å². The predicted octanol–water partition coefficient (Wildman–Crippen LogP) is 5.01. The molecule has 0 saturated carbocycles. The van der Waals surface area contributed by atoms with Crippen LogP contribution < -0.4 is 9.79 Å². The van der Waals surface area contributed by atoms with Crippen molar-refractivity contribution in [2.24, 2.45) is 0 Å². The molecule has 2 N–H and O–H groups in total. The number of nitrogens with one attached hydrogen (secondary N) is 1. The van der Waals surface area contributed by atoms with Crippen molar-refractivity contribution < 1.29 is 28.0 Å². The van der Waals surface area contributed by atoms with Crippen molar-refractivity contribution >= 4 is 55.9 Å². The number of esters is 1. The van der Waals surface area contributed by atoms with Gasteiger partial charge >= 0.3 is 5.97 Å². The van der Waals surface area contributed by atoms with Crippen molar-refractivity contribution in [3.05, 3.63) is 113 Å². The summed E-state index contributed by atoms with van der Waals surface area (Å²) in [4.78, 5) is 26.1. The highest BCUT2D eigenvalue weighted by Crippen LogP contribution is 2.42. The molecule has 180 valence electrons. The summed E-state index contributed by atoms with van der Waals surface area (Å²) in [7, 11) is -3.84. The first-order valence-electron chi connectivity index (χ1n) is 10.7. The number of amides is 1. The summed E-state index contributed by atoms with van der Waals surface area (Å²) in [6.07, 6.45) is 0. The summed E-state index contributed by atoms with van der Waals surface area (Å²) < 4.78 is 33.5. The molecule has 0 unspecified atom stereocenters. The molecule has 3 aromatic carbocycles. The smallest absolute Gasteiger partial charge is 0.343 e. The molecule has 1 amide bonds. The van der Waals surface area contributed by atoms with Crippen molar-refractivity contribution in [1.82, 2.24) is 0 Å². The summed E-state index contributed by atoms with van der Waals surface area (Å²) in [5.74, 6) is -1.52. The van der Waals surface area contributed by atoms with E-state index in [1.54, 1.807) is 72.1 Å². The number of hydroxylamine groups is 1. The van der Waals surface area contributed by atoms with Crippen LogP contribution in [0.4, 0.5) is 11.4 Å². The zero-order valence-electron chi connectivity index (χ0n) is 18.5. The van der Waals surface area contributed by atoms with Gasteiger partial charge in [-0.25, -0.2) is 13.2 Å². The van der Waals surface area contributed by atoms with Crippen LogP contribution in [0.1, 0.15) is 21.5 Å². The van der Waals surface area contributed by atoms with E-state index < -0.39 is 21.9 Å². The molecule has 0 saturated heterocycles. The number of carbonyl (C=O) groups is 2. The van der Waals surface area contributed by atoms with Crippen molar-refractivity contribution in [3.8, 4) is 0 Å². The number of ether oxygens (including phenoxy) is 1. The zero-order chi connectivity index (χ0) is 25.3. The highest BCUT2D eigenvalue weighted by molar-refractivity contribution is 7.94. The van der Waals surface area contributed by atoms with Crippen LogP contribution in [0, 0.1) is 0 Å². The third kappa shape index (κ3) is 4.40. The molecule has 1 aliphatic rings. The van der Waals surface area contributed by atoms with Crippen LogP contribution in [0.25, 0.3) is 11.3 Å². The number of thiophene rings is 1. The maximum absolute atomic E-state index is 13.2. The van der Waals surface area contributed by atoms with Gasteiger partial charge in [0.15, 0.2) is 5.76 Å². The van der Waals surface area contributed by atoms with Crippen molar-refractivity contribution in [1.29, 1.82) is 0 Å². The van der Waals surface area contributed by atoms with E-state index in [-0.39, 0.29) is 38.0 Å². The minimum Gasteiger partial charge on any atom is -0.421 e. The van der Waals surface area contributed by atoms with Gasteiger partial charge in [0.05, 0.1) is 22.5 Å². The molecular weight excluding hydrogens is 500 g/mol. The third-order valence-electron chi connectivity index (χ3n) is 5.38. The maximum atomic E-state index is 13.2. The topological polar surface area (TPSA) is 113 Å². The van der Waals surface area contributed by atoms with Gasteiger partial charge in [0.25, 0.3) is 15.9 Å². The number of hydrogen-bond donors (Lipinski definition) is 2. The van der Waals surface area contributed by atoms with Crippen molar-refractivity contribution in [2.75, 3.05) is 9.79 Å². The lowest BCUT2D eigenvalue weighted by Gasteiger charge is -2.12. The Kier molecular flexibility index (Phi) is 6.15. The molecule has 36 heavy (non-hydrogen) atoms. The SMILES string of the molecule is O=C(O/C(=C1\C(=O)N(O)c2cc(NS(=O)(=O)c3cccs3)ccc21)c1ccccc1)c1ccccc1. The van der Waals surface area contributed by atoms with Gasteiger partial charge in [0.2, 0.25) is 0 Å². The largest absolute Gasteiger partial charge is 0.421 e. The highest BCUT2D eigenvalue weighted by atomic mass is 32.2. The number of hydrogen-bond acceptors (Lipinski definition) is 7. The van der Waals surface area contributed by atoms with E-state index >= 15 is 0 Å². The van der Waals surface area contributed by atoms with E-state index in [4.69, 9.17) is 4.74 Å². The van der Waals surface area contributed by atoms with E-state index in [2.05, 4.69) is 4.72 Å². The number of anilines is 2. The maximum Gasteiger partial charge on any atom is 0.343 e. The highest BCUT2D eigenvalue weighted by Gasteiger charge is 2.37. The van der Waals surface area contributed by atoms with Gasteiger partial charge in [0.1, 0.15) is 4.21 Å². The third-order valence-corrected chi connectivity index (χ3v) is 8.16. The van der Waals surface area contributed by atoms with E-state index in [1.165, 1.54) is 24.3 Å². The first-order chi connectivity index (χ1) is 17.3. The number of rotatable bonds is 6. The Labute approximate surface area is 210 Å². The van der Waals surface area contributed by atoms with Crippen LogP contribution in [-0.4, -0.2) is 25.5 Å². The number of nitrogens with zero attached hydrogens (tertiary/aromatic N) is 1. The van der Waals surface area contributed by atoms with Gasteiger partial charge in [-0.15, -0.1) is 11.3 Å². The first kappa shape index (κ1) is 23.5. The number of sulfonamides is 1. The number of fused-ring (bicyclic) bond motifs is 1. The molecule has 0 fully saturated rings. The fourth-order valence-electron chi connectivity index (χ4n) is 3.72. The molecule has 0 radical (unpaired) electrons. The predicted molar refractivity (Wildman–Crippen MR) is 136 cm³/mol. The van der Waals surface area contributed by atoms with Gasteiger partial charge in [-0.3, -0.25) is 14.7 Å². The Balaban J connectivity index is 1.59. The second-order valence-electron chi connectivity index (χ2n) is 7.71. The van der Waals surface area contributed by atoms with E-state index in [9.17, 15) is 23.2 Å². The molecule has 2 heterocycles. The Morgan fingerprint density at radius 2 is 1.56 bits per heavy atom. The molecule has 8 nitrogen and oxygen atoms in total. The molecule has 0 aliphatic carbocycles. The zero-order valence-corrected chi connectivity index (χ0v) is 20.1. The molecule has 1 aliphatic heterocycles. The molecular formula is C26H18N2O6S2. The van der Waals surface area contributed by atoms with Crippen LogP contribution in [0.3, 0.4) is 0 Å². The second kappa shape index (κ2) is 9.42. The molecule has 1 aromatic heterocycles. The van der Waals surface area contributed by atoms with Crippen LogP contribution >= 0.6 is 11.3 Å². The van der Waals surface area contributed by atoms with Crippen LogP contribution in [-0.2, 0) is 19.6 Å². The Hall–Kier alpha value is -4.25. The van der Waals surface area contributed by atoms with Crippen LogP contribution in [0.2, 0.25) is 0 Å². The average molecular weight is 519 g/mol. The molecule has 10 heteroatoms. The first-order valence-corrected chi connectivity index (χ1v) is 13.0. The summed E-state index contributed by atoms with van der Waals surface area (Å²) >= 11 is 1.06. The summed E-state index contributed by atoms with van der Waals surface area (Å²) in [5, 5.41) is 12.7. The summed E-state index contributed by atoms with van der Waals surface area (Å²) in [6.45, 7) is 0. The lowest BCUT2D eigenvalue weighted by molar-refractivity contribution is -0.117. The molecule has 0 spiro atoms. The van der Waals surface area contributed by atoms with Gasteiger partial charge in [0, 0.05) is 11.1 Å². The van der Waals surface area contributed by atoms with Crippen LogP contribution in [0.5, 0.6) is 0 Å². The minimum atomic E-state index is -3.84. The minimum absolute atomic E-state index is 0.0285. The van der Waals surface area contributed by atoms with Gasteiger partial charge in [-0.2, -0.15) is 5.06 Å². The normalized spacial score (nSPS) is 14.4. The lowest BCUT2D eigenvalue weighted by Crippen LogP contribution is -2.22. The van der Waals surface area contributed by atoms with Gasteiger partial charge in [-0.05, 0) is 41.8 Å². The Bertz CT molecular complexity index is 1580. The Morgan fingerprint density at radius 3 is 2.19 bits per heavy atom. The standard InChI is InChI=1S/C26H18N2O6S2/c29-25-23(24(17-8-3-1-4-9-17)34-26(30)18-10-5-2-6-11-18)20-14-13-19(16-21(20)28(25)31)27-36(32,33)22-12-7-15-35-22/h1-16,27,31H/b24-23-. The molecule has 0 bridgehead atoms. The number of carbonyl (C=O) groups excluding carboxylic acids is 2. The molecule has 5 rings (SSSR count). The van der Waals surface area contributed by atoms with Crippen LogP contribution in [0.15, 0.2) is 101 Å². The fourth-order valence-corrected chi connectivity index (χ4v) is 5.77. The average Bonchev–Trinajstić information content (AvgIpc) is 3.52. The van der Waals surface area contributed by atoms with E-state index in [0.29, 0.717) is 10.6 Å². The second-order valence-corrected chi connectivity index (χ2v) is 10.6. The summed E-state index contributed by atoms with van der Waals surface area (Å²) in [5.41, 5.74) is 1.19. The van der Waals surface area contributed by atoms with Gasteiger partial charge < -0.3 is 4.74 Å². The molecule has 0 atom stereocenters.